The molecule has 0 aliphatic carbocycles. The predicted octanol–water partition coefficient (Wildman–Crippen LogP) is -0.660. The van der Waals surface area contributed by atoms with Crippen molar-refractivity contribution in [3.05, 3.63) is 24.0 Å². The van der Waals surface area contributed by atoms with Crippen LogP contribution in [-0.2, 0) is 0 Å². The van der Waals surface area contributed by atoms with Crippen LogP contribution in [0.3, 0.4) is 0 Å². The first-order valence-electron chi connectivity index (χ1n) is 4.98. The Morgan fingerprint density at radius 1 is 1.44 bits per heavy atom. The van der Waals surface area contributed by atoms with E-state index in [2.05, 4.69) is 15.5 Å². The molecule has 0 aliphatic heterocycles. The van der Waals surface area contributed by atoms with E-state index >= 15 is 0 Å². The van der Waals surface area contributed by atoms with Crippen LogP contribution in [0.15, 0.2) is 18.5 Å². The molecule has 1 amide bonds. The molecule has 6 heteroatoms. The lowest BCUT2D eigenvalue weighted by Crippen LogP contribution is -2.53. The fraction of sp³-hybridized carbons (Fsp3) is 0.500. The van der Waals surface area contributed by atoms with E-state index in [0.717, 1.165) is 0 Å². The number of rotatable bonds is 5. The summed E-state index contributed by atoms with van der Waals surface area (Å²) < 4.78 is 0. The molecule has 0 atom stereocenters. The van der Waals surface area contributed by atoms with Crippen LogP contribution < -0.4 is 5.32 Å². The van der Waals surface area contributed by atoms with Crippen LogP contribution in [0.1, 0.15) is 23.7 Å². The zero-order valence-electron chi connectivity index (χ0n) is 9.05. The second-order valence-corrected chi connectivity index (χ2v) is 3.54. The first-order valence-corrected chi connectivity index (χ1v) is 4.98. The lowest BCUT2D eigenvalue weighted by Gasteiger charge is -2.29. The first kappa shape index (κ1) is 12.5. The average molecular weight is 225 g/mol. The average Bonchev–Trinajstić information content (AvgIpc) is 2.37. The molecule has 0 aromatic carbocycles. The highest BCUT2D eigenvalue weighted by Crippen LogP contribution is 2.09. The van der Waals surface area contributed by atoms with E-state index in [1.165, 1.54) is 18.5 Å². The van der Waals surface area contributed by atoms with E-state index in [-0.39, 0.29) is 19.1 Å². The van der Waals surface area contributed by atoms with Gasteiger partial charge in [-0.05, 0) is 12.5 Å². The van der Waals surface area contributed by atoms with Crippen molar-refractivity contribution in [2.45, 2.75) is 18.9 Å². The highest BCUT2D eigenvalue weighted by molar-refractivity contribution is 5.94. The maximum Gasteiger partial charge on any atom is 0.253 e. The van der Waals surface area contributed by atoms with E-state index in [9.17, 15) is 4.79 Å². The van der Waals surface area contributed by atoms with Crippen LogP contribution in [-0.4, -0.2) is 45.1 Å². The molecule has 88 valence electrons. The summed E-state index contributed by atoms with van der Waals surface area (Å²) in [4.78, 5) is 11.7. The minimum absolute atomic E-state index is 0.315. The summed E-state index contributed by atoms with van der Waals surface area (Å²) in [6, 6.07) is 1.51. The highest BCUT2D eigenvalue weighted by atomic mass is 16.3. The summed E-state index contributed by atoms with van der Waals surface area (Å²) in [7, 11) is 0. The molecule has 0 aliphatic rings. The van der Waals surface area contributed by atoms with Crippen molar-refractivity contribution in [1.29, 1.82) is 0 Å². The highest BCUT2D eigenvalue weighted by Gasteiger charge is 2.28. The Balaban J connectivity index is 2.77. The molecule has 0 unspecified atom stereocenters. The van der Waals surface area contributed by atoms with Crippen LogP contribution in [0.5, 0.6) is 0 Å². The van der Waals surface area contributed by atoms with Gasteiger partial charge in [-0.3, -0.25) is 4.79 Å². The molecule has 16 heavy (non-hydrogen) atoms. The number of nitrogens with one attached hydrogen (secondary N) is 1. The quantitative estimate of drug-likeness (QED) is 0.618. The van der Waals surface area contributed by atoms with Crippen molar-refractivity contribution in [1.82, 2.24) is 15.5 Å². The smallest absolute Gasteiger partial charge is 0.253 e. The fourth-order valence-corrected chi connectivity index (χ4v) is 1.18. The summed E-state index contributed by atoms with van der Waals surface area (Å²) in [6.07, 6.45) is 3.16. The standard InChI is InChI=1S/C10H15N3O3/c1-2-10(6-14,7-15)13-9(16)8-3-4-11-12-5-8/h3-5,14-15H,2,6-7H2,1H3,(H,13,16). The number of hydrogen-bond donors (Lipinski definition) is 3. The van der Waals surface area contributed by atoms with Crippen molar-refractivity contribution >= 4 is 5.91 Å². The number of carbonyl (C=O) groups is 1. The van der Waals surface area contributed by atoms with Crippen molar-refractivity contribution in [2.75, 3.05) is 13.2 Å². The van der Waals surface area contributed by atoms with E-state index in [1.54, 1.807) is 6.92 Å². The van der Waals surface area contributed by atoms with Gasteiger partial charge >= 0.3 is 0 Å². The van der Waals surface area contributed by atoms with Gasteiger partial charge in [0, 0.05) is 0 Å². The Hall–Kier alpha value is -1.53. The Kier molecular flexibility index (Phi) is 4.33. The molecule has 1 heterocycles. The number of nitrogens with zero attached hydrogens (tertiary/aromatic N) is 2. The minimum Gasteiger partial charge on any atom is -0.394 e. The molecule has 0 bridgehead atoms. The molecular formula is C10H15N3O3. The number of carbonyl (C=O) groups excluding carboxylic acids is 1. The normalized spacial score (nSPS) is 11.2. The second-order valence-electron chi connectivity index (χ2n) is 3.54. The molecule has 3 N–H and O–H groups in total. The first-order chi connectivity index (χ1) is 7.67. The molecule has 0 saturated carbocycles. The Morgan fingerprint density at radius 3 is 2.56 bits per heavy atom. The van der Waals surface area contributed by atoms with Crippen LogP contribution >= 0.6 is 0 Å². The van der Waals surface area contributed by atoms with Crippen LogP contribution in [0.25, 0.3) is 0 Å². The van der Waals surface area contributed by atoms with Gasteiger partial charge in [0.05, 0.1) is 36.7 Å². The molecule has 0 saturated heterocycles. The monoisotopic (exact) mass is 225 g/mol. The van der Waals surface area contributed by atoms with Crippen molar-refractivity contribution in [3.8, 4) is 0 Å². The molecule has 1 rings (SSSR count). The Morgan fingerprint density at radius 2 is 2.12 bits per heavy atom. The van der Waals surface area contributed by atoms with Gasteiger partial charge < -0.3 is 15.5 Å². The molecule has 6 nitrogen and oxygen atoms in total. The summed E-state index contributed by atoms with van der Waals surface area (Å²) in [5.74, 6) is -0.389. The summed E-state index contributed by atoms with van der Waals surface area (Å²) in [6.45, 7) is 1.14. The van der Waals surface area contributed by atoms with E-state index in [1.807, 2.05) is 0 Å². The van der Waals surface area contributed by atoms with Crippen LogP contribution in [0.4, 0.5) is 0 Å². The minimum atomic E-state index is -0.986. The van der Waals surface area contributed by atoms with Gasteiger partial charge in [-0.1, -0.05) is 6.92 Å². The lowest BCUT2D eigenvalue weighted by molar-refractivity contribution is 0.0652. The number of hydrogen-bond acceptors (Lipinski definition) is 5. The third kappa shape index (κ3) is 2.74. The molecular weight excluding hydrogens is 210 g/mol. The zero-order chi connectivity index (χ0) is 12.0. The lowest BCUT2D eigenvalue weighted by atomic mass is 9.98. The molecule has 0 fully saturated rings. The zero-order valence-corrected chi connectivity index (χ0v) is 9.05. The maximum absolute atomic E-state index is 11.7. The molecule has 0 radical (unpaired) electrons. The van der Waals surface area contributed by atoms with Gasteiger partial charge in [0.1, 0.15) is 0 Å². The van der Waals surface area contributed by atoms with Gasteiger partial charge in [-0.15, -0.1) is 0 Å². The van der Waals surface area contributed by atoms with Crippen LogP contribution in [0, 0.1) is 0 Å². The predicted molar refractivity (Wildman–Crippen MR) is 56.7 cm³/mol. The second kappa shape index (κ2) is 5.53. The van der Waals surface area contributed by atoms with Gasteiger partial charge in [0.25, 0.3) is 5.91 Å². The number of amides is 1. The molecule has 1 aromatic heterocycles. The van der Waals surface area contributed by atoms with Crippen molar-refractivity contribution in [3.63, 3.8) is 0 Å². The summed E-state index contributed by atoms with van der Waals surface area (Å²) >= 11 is 0. The fourth-order valence-electron chi connectivity index (χ4n) is 1.18. The molecule has 1 aromatic rings. The summed E-state index contributed by atoms with van der Waals surface area (Å²) in [5.41, 5.74) is -0.643. The van der Waals surface area contributed by atoms with Gasteiger partial charge in [0.15, 0.2) is 0 Å². The van der Waals surface area contributed by atoms with Gasteiger partial charge in [-0.2, -0.15) is 10.2 Å². The van der Waals surface area contributed by atoms with Crippen LogP contribution in [0.2, 0.25) is 0 Å². The number of aliphatic hydroxyl groups excluding tert-OH is 2. The Bertz CT molecular complexity index is 330. The maximum atomic E-state index is 11.7. The number of aliphatic hydroxyl groups is 2. The van der Waals surface area contributed by atoms with E-state index in [0.29, 0.717) is 12.0 Å². The van der Waals surface area contributed by atoms with E-state index in [4.69, 9.17) is 10.2 Å². The largest absolute Gasteiger partial charge is 0.394 e. The Labute approximate surface area is 93.3 Å². The summed E-state index contributed by atoms with van der Waals surface area (Å²) in [5, 5.41) is 28.1. The van der Waals surface area contributed by atoms with Gasteiger partial charge in [0.2, 0.25) is 0 Å². The van der Waals surface area contributed by atoms with E-state index < -0.39 is 5.54 Å². The van der Waals surface area contributed by atoms with Crippen molar-refractivity contribution in [2.24, 2.45) is 0 Å². The SMILES string of the molecule is CCC(CO)(CO)NC(=O)c1ccnnc1. The third-order valence-corrected chi connectivity index (χ3v) is 2.51. The molecule has 0 spiro atoms. The van der Waals surface area contributed by atoms with Gasteiger partial charge in [-0.25, -0.2) is 0 Å². The third-order valence-electron chi connectivity index (χ3n) is 2.51. The van der Waals surface area contributed by atoms with Crippen molar-refractivity contribution < 1.29 is 15.0 Å². The number of aromatic nitrogens is 2. The topological polar surface area (TPSA) is 95.3 Å².